The molecule has 0 bridgehead atoms. The third-order valence-corrected chi connectivity index (χ3v) is 2.72. The van der Waals surface area contributed by atoms with Crippen LogP contribution >= 0.6 is 11.6 Å². The monoisotopic (exact) mass is 270 g/mol. The Bertz CT molecular complexity index is 532. The number of hydrogen-bond acceptors (Lipinski definition) is 7. The number of rotatable bonds is 2. The summed E-state index contributed by atoms with van der Waals surface area (Å²) in [6, 6.07) is 0. The van der Waals surface area contributed by atoms with Gasteiger partial charge in [-0.25, -0.2) is 14.8 Å². The van der Waals surface area contributed by atoms with Crippen LogP contribution in [0.4, 0.5) is 5.82 Å². The van der Waals surface area contributed by atoms with E-state index in [0.29, 0.717) is 17.2 Å². The van der Waals surface area contributed by atoms with E-state index in [1.165, 1.54) is 7.11 Å². The van der Waals surface area contributed by atoms with Crippen LogP contribution in [0.25, 0.3) is 0 Å². The zero-order valence-electron chi connectivity index (χ0n) is 9.81. The number of carbonyl (C=O) groups is 1. The van der Waals surface area contributed by atoms with E-state index in [4.69, 9.17) is 22.2 Å². The molecule has 0 amide bonds. The topological polar surface area (TPSA) is 99.7 Å². The molecule has 1 aromatic heterocycles. The van der Waals surface area contributed by atoms with Crippen molar-refractivity contribution in [1.82, 2.24) is 9.97 Å². The molecule has 96 valence electrons. The molecule has 2 rings (SSSR count). The van der Waals surface area contributed by atoms with Gasteiger partial charge < -0.3 is 15.3 Å². The van der Waals surface area contributed by atoms with Gasteiger partial charge in [0, 0.05) is 5.56 Å². The average molecular weight is 271 g/mol. The van der Waals surface area contributed by atoms with E-state index in [0.717, 1.165) is 0 Å². The van der Waals surface area contributed by atoms with Crippen molar-refractivity contribution >= 4 is 28.6 Å². The minimum absolute atomic E-state index is 0.117. The van der Waals surface area contributed by atoms with Crippen LogP contribution in [0.15, 0.2) is 5.16 Å². The lowest BCUT2D eigenvalue weighted by atomic mass is 10.2. The standard InChI is InChI=1S/C10H11ClN4O3/c1-4-7(10(16)17-2)13-9(14-8(4)12)5-3-6(11)15-18-5/h5H,3H2,1-2H3,(H2,12,13,14). The first kappa shape index (κ1) is 12.6. The molecule has 0 fully saturated rings. The molecule has 0 radical (unpaired) electrons. The van der Waals surface area contributed by atoms with Crippen LogP contribution in [0, 0.1) is 6.92 Å². The third-order valence-electron chi connectivity index (χ3n) is 2.50. The molecule has 2 N–H and O–H groups in total. The number of nitrogen functional groups attached to an aromatic ring is 1. The molecule has 2 heterocycles. The number of nitrogens with zero attached hydrogens (tertiary/aromatic N) is 3. The Morgan fingerprint density at radius 2 is 2.28 bits per heavy atom. The predicted molar refractivity (Wildman–Crippen MR) is 64.3 cm³/mol. The van der Waals surface area contributed by atoms with Crippen LogP contribution in [-0.4, -0.2) is 28.2 Å². The van der Waals surface area contributed by atoms with Gasteiger partial charge in [0.1, 0.15) is 11.0 Å². The minimum Gasteiger partial charge on any atom is -0.464 e. The van der Waals surface area contributed by atoms with E-state index < -0.39 is 12.1 Å². The van der Waals surface area contributed by atoms with Crippen LogP contribution in [0.5, 0.6) is 0 Å². The number of halogens is 1. The number of nitrogens with two attached hydrogens (primary N) is 1. The van der Waals surface area contributed by atoms with Crippen molar-refractivity contribution in [2.45, 2.75) is 19.4 Å². The van der Waals surface area contributed by atoms with E-state index in [1.807, 2.05) is 0 Å². The number of esters is 1. The van der Waals surface area contributed by atoms with Crippen LogP contribution in [0.3, 0.4) is 0 Å². The van der Waals surface area contributed by atoms with Crippen LogP contribution in [0.2, 0.25) is 0 Å². The molecule has 1 aliphatic heterocycles. The summed E-state index contributed by atoms with van der Waals surface area (Å²) in [5.74, 6) is -0.113. The summed E-state index contributed by atoms with van der Waals surface area (Å²) in [5.41, 5.74) is 6.32. The molecule has 1 atom stereocenters. The van der Waals surface area contributed by atoms with Gasteiger partial charge in [0.05, 0.1) is 13.5 Å². The smallest absolute Gasteiger partial charge is 0.357 e. The Labute approximate surface area is 108 Å². The van der Waals surface area contributed by atoms with E-state index in [1.54, 1.807) is 6.92 Å². The number of anilines is 1. The Morgan fingerprint density at radius 3 is 2.83 bits per heavy atom. The summed E-state index contributed by atoms with van der Waals surface area (Å²) in [4.78, 5) is 24.8. The van der Waals surface area contributed by atoms with Gasteiger partial charge in [-0.1, -0.05) is 16.8 Å². The molecule has 7 nitrogen and oxygen atoms in total. The molecule has 0 spiro atoms. The third kappa shape index (κ3) is 2.21. The molecule has 1 aliphatic rings. The summed E-state index contributed by atoms with van der Waals surface area (Å²) >= 11 is 5.70. The highest BCUT2D eigenvalue weighted by atomic mass is 35.5. The number of oxime groups is 1. The summed E-state index contributed by atoms with van der Waals surface area (Å²) in [5, 5.41) is 3.91. The number of hydrogen-bond donors (Lipinski definition) is 1. The molecule has 0 saturated heterocycles. The zero-order chi connectivity index (χ0) is 13.3. The fourth-order valence-electron chi connectivity index (χ4n) is 1.48. The van der Waals surface area contributed by atoms with Gasteiger partial charge >= 0.3 is 5.97 Å². The van der Waals surface area contributed by atoms with Gasteiger partial charge in [-0.2, -0.15) is 0 Å². The number of ether oxygens (including phenoxy) is 1. The number of carbonyl (C=O) groups excluding carboxylic acids is 1. The highest BCUT2D eigenvalue weighted by molar-refractivity contribution is 6.65. The fraction of sp³-hybridized carbons (Fsp3) is 0.400. The highest BCUT2D eigenvalue weighted by Gasteiger charge is 2.27. The number of methoxy groups -OCH3 is 1. The van der Waals surface area contributed by atoms with Crippen molar-refractivity contribution in [3.63, 3.8) is 0 Å². The Morgan fingerprint density at radius 1 is 1.56 bits per heavy atom. The van der Waals surface area contributed by atoms with Crippen LogP contribution < -0.4 is 5.73 Å². The van der Waals surface area contributed by atoms with Crippen molar-refractivity contribution in [1.29, 1.82) is 0 Å². The quantitative estimate of drug-likeness (QED) is 0.810. The van der Waals surface area contributed by atoms with Gasteiger partial charge in [-0.15, -0.1) is 0 Å². The lowest BCUT2D eigenvalue weighted by molar-refractivity contribution is 0.0586. The second kappa shape index (κ2) is 4.77. The van der Waals surface area contributed by atoms with Gasteiger partial charge in [0.15, 0.2) is 17.6 Å². The molecule has 8 heteroatoms. The molecule has 18 heavy (non-hydrogen) atoms. The first-order chi connectivity index (χ1) is 8.52. The molecule has 0 aromatic carbocycles. The molecular formula is C10H11ClN4O3. The molecular weight excluding hydrogens is 260 g/mol. The van der Waals surface area contributed by atoms with Crippen molar-refractivity contribution in [3.8, 4) is 0 Å². The lowest BCUT2D eigenvalue weighted by Gasteiger charge is -2.11. The summed E-state index contributed by atoms with van der Waals surface area (Å²) < 4.78 is 4.63. The normalized spacial score (nSPS) is 18.2. The Kier molecular flexibility index (Phi) is 3.33. The fourth-order valence-corrected chi connectivity index (χ4v) is 1.66. The summed E-state index contributed by atoms with van der Waals surface area (Å²) in [7, 11) is 1.27. The largest absolute Gasteiger partial charge is 0.464 e. The second-order valence-corrected chi connectivity index (χ2v) is 4.13. The maximum absolute atomic E-state index is 11.6. The van der Waals surface area contributed by atoms with Crippen molar-refractivity contribution in [2.75, 3.05) is 12.8 Å². The highest BCUT2D eigenvalue weighted by Crippen LogP contribution is 2.27. The van der Waals surface area contributed by atoms with Gasteiger partial charge in [-0.3, -0.25) is 0 Å². The van der Waals surface area contributed by atoms with E-state index >= 15 is 0 Å². The van der Waals surface area contributed by atoms with E-state index in [2.05, 4.69) is 19.9 Å². The number of aromatic nitrogens is 2. The Balaban J connectivity index is 2.38. The van der Waals surface area contributed by atoms with Crippen LogP contribution in [0.1, 0.15) is 34.4 Å². The van der Waals surface area contributed by atoms with Gasteiger partial charge in [0.25, 0.3) is 0 Å². The maximum Gasteiger partial charge on any atom is 0.357 e. The molecule has 0 saturated carbocycles. The molecule has 1 aromatic rings. The molecule has 0 aliphatic carbocycles. The summed E-state index contributed by atoms with van der Waals surface area (Å²) in [6.07, 6.45) is -0.172. The first-order valence-electron chi connectivity index (χ1n) is 5.13. The molecule has 1 unspecified atom stereocenters. The van der Waals surface area contributed by atoms with Crippen molar-refractivity contribution in [3.05, 3.63) is 17.1 Å². The van der Waals surface area contributed by atoms with Crippen molar-refractivity contribution < 1.29 is 14.4 Å². The van der Waals surface area contributed by atoms with Crippen LogP contribution in [-0.2, 0) is 9.57 Å². The average Bonchev–Trinajstić information content (AvgIpc) is 2.78. The van der Waals surface area contributed by atoms with Crippen molar-refractivity contribution in [2.24, 2.45) is 5.16 Å². The second-order valence-electron chi connectivity index (χ2n) is 3.70. The predicted octanol–water partition coefficient (Wildman–Crippen LogP) is 1.17. The van der Waals surface area contributed by atoms with Gasteiger partial charge in [0.2, 0.25) is 0 Å². The summed E-state index contributed by atoms with van der Waals surface area (Å²) in [6.45, 7) is 1.64. The van der Waals surface area contributed by atoms with E-state index in [-0.39, 0.29) is 17.3 Å². The maximum atomic E-state index is 11.6. The lowest BCUT2D eigenvalue weighted by Crippen LogP contribution is -2.15. The van der Waals surface area contributed by atoms with Gasteiger partial charge in [-0.05, 0) is 6.92 Å². The first-order valence-corrected chi connectivity index (χ1v) is 5.51. The zero-order valence-corrected chi connectivity index (χ0v) is 10.6. The Hall–Kier alpha value is -1.89. The minimum atomic E-state index is -0.576. The SMILES string of the molecule is COC(=O)c1nc(C2CC(Cl)=NO2)nc(N)c1C. The van der Waals surface area contributed by atoms with E-state index in [9.17, 15) is 4.79 Å².